The molecule has 4 nitrogen and oxygen atoms in total. The van der Waals surface area contributed by atoms with Gasteiger partial charge in [-0.15, -0.1) is 6.42 Å². The minimum Gasteiger partial charge on any atom is -0.227 e. The third kappa shape index (κ3) is 2.93. The molecule has 0 saturated carbocycles. The van der Waals surface area contributed by atoms with Gasteiger partial charge in [-0.2, -0.15) is 0 Å². The van der Waals surface area contributed by atoms with Crippen molar-refractivity contribution in [2.75, 3.05) is 6.26 Å². The summed E-state index contributed by atoms with van der Waals surface area (Å²) in [5.41, 5.74) is 3.12. The predicted molar refractivity (Wildman–Crippen MR) is 68.5 cm³/mol. The normalized spacial score (nSPS) is 10.9. The van der Waals surface area contributed by atoms with Crippen LogP contribution in [0.5, 0.6) is 0 Å². The topological polar surface area (TPSA) is 59.9 Å². The minimum atomic E-state index is -3.35. The molecule has 0 fully saturated rings. The molecule has 3 rings (SSSR count). The Balaban J connectivity index is 0.000000164. The van der Waals surface area contributed by atoms with Crippen molar-refractivity contribution in [3.63, 3.8) is 0 Å². The van der Waals surface area contributed by atoms with Crippen LogP contribution in [-0.2, 0) is 9.84 Å². The van der Waals surface area contributed by atoms with E-state index < -0.39 is 9.84 Å². The van der Waals surface area contributed by atoms with Gasteiger partial charge in [0.05, 0.1) is 0 Å². The van der Waals surface area contributed by atoms with Crippen molar-refractivity contribution in [3.8, 4) is 23.5 Å². The lowest BCUT2D eigenvalue weighted by Crippen LogP contribution is -2.04. The van der Waals surface area contributed by atoms with E-state index in [0.29, 0.717) is 0 Å². The summed E-state index contributed by atoms with van der Waals surface area (Å²) in [7, 11) is -3.35. The summed E-state index contributed by atoms with van der Waals surface area (Å²) >= 11 is 0. The molecule has 0 N–H and O–H groups in total. The average Bonchev–Trinajstić information content (AvgIpc) is 2.96. The van der Waals surface area contributed by atoms with Gasteiger partial charge in [-0.05, 0) is 23.3 Å². The van der Waals surface area contributed by atoms with E-state index in [1.165, 1.54) is 23.4 Å². The van der Waals surface area contributed by atoms with Crippen LogP contribution in [0.2, 0.25) is 0 Å². The van der Waals surface area contributed by atoms with Gasteiger partial charge in [-0.25, -0.2) is 18.4 Å². The molecule has 0 aromatic carbocycles. The largest absolute Gasteiger partial charge is 0.247 e. The summed E-state index contributed by atoms with van der Waals surface area (Å²) in [4.78, 5) is 7.19. The van der Waals surface area contributed by atoms with Crippen LogP contribution < -0.4 is 0 Å². The molecule has 90 valence electrons. The lowest BCUT2D eigenvalue weighted by Gasteiger charge is -1.94. The van der Waals surface area contributed by atoms with E-state index >= 15 is 0 Å². The molecule has 0 bridgehead atoms. The fourth-order valence-corrected chi connectivity index (χ4v) is 1.79. The summed E-state index contributed by atoms with van der Waals surface area (Å²) in [5, 5.41) is -0.238. The first-order valence-corrected chi connectivity index (χ1v) is 7.00. The van der Waals surface area contributed by atoms with Gasteiger partial charge in [-0.3, -0.25) is 0 Å². The Morgan fingerprint density at radius 2 is 1.89 bits per heavy atom. The summed E-state index contributed by atoms with van der Waals surface area (Å²) < 4.78 is 21.8. The Hall–Kier alpha value is -2.19. The third-order valence-electron chi connectivity index (χ3n) is 2.23. The molecule has 1 heterocycles. The van der Waals surface area contributed by atoms with Crippen LogP contribution in [0.3, 0.4) is 0 Å². The van der Waals surface area contributed by atoms with Crippen molar-refractivity contribution in [1.82, 2.24) is 9.97 Å². The number of nitrogens with zero attached hydrogens (tertiary/aromatic N) is 2. The van der Waals surface area contributed by atoms with Gasteiger partial charge < -0.3 is 0 Å². The van der Waals surface area contributed by atoms with Gasteiger partial charge in [0.2, 0.25) is 15.0 Å². The molecule has 0 saturated heterocycles. The molecule has 1 aromatic heterocycles. The highest BCUT2D eigenvalue weighted by Gasteiger charge is 2.10. The summed E-state index contributed by atoms with van der Waals surface area (Å²) in [6.07, 6.45) is 7.38. The molecule has 0 amide bonds. The van der Waals surface area contributed by atoms with Crippen LogP contribution in [0.4, 0.5) is 0 Å². The second-order valence-electron chi connectivity index (χ2n) is 3.72. The fourth-order valence-electron chi connectivity index (χ4n) is 1.28. The van der Waals surface area contributed by atoms with Gasteiger partial charge in [0.1, 0.15) is 5.69 Å². The van der Waals surface area contributed by atoms with Crippen LogP contribution in [0, 0.1) is 12.3 Å². The lowest BCUT2D eigenvalue weighted by atomic mass is 10.4. The third-order valence-corrected chi connectivity index (χ3v) is 3.09. The maximum Gasteiger partial charge on any atom is 0.247 e. The molecule has 0 aliphatic heterocycles. The van der Waals surface area contributed by atoms with E-state index in [1.54, 1.807) is 0 Å². The maximum atomic E-state index is 10.9. The standard InChI is InChI=1S/C7H6N2O2S.C6H4/c1-3-6-4-5-8-7(9-6)12(2,10)11;1-2-5-4-6(5)3-1/h1,4-5H,2H3;1-4H. The molecule has 1 aromatic rings. The molecule has 0 radical (unpaired) electrons. The monoisotopic (exact) mass is 258 g/mol. The van der Waals surface area contributed by atoms with Gasteiger partial charge >= 0.3 is 0 Å². The molecule has 0 atom stereocenters. The van der Waals surface area contributed by atoms with Crippen molar-refractivity contribution < 1.29 is 8.42 Å². The first-order valence-electron chi connectivity index (χ1n) is 5.11. The zero-order valence-corrected chi connectivity index (χ0v) is 10.5. The Labute approximate surface area is 106 Å². The average molecular weight is 258 g/mol. The van der Waals surface area contributed by atoms with Gasteiger partial charge in [0.25, 0.3) is 0 Å². The molecule has 5 heteroatoms. The molecule has 18 heavy (non-hydrogen) atoms. The van der Waals surface area contributed by atoms with Crippen molar-refractivity contribution in [2.45, 2.75) is 5.16 Å². The lowest BCUT2D eigenvalue weighted by molar-refractivity contribution is 0.592. The van der Waals surface area contributed by atoms with E-state index in [2.05, 4.69) is 40.2 Å². The molecule has 2 aliphatic rings. The Kier molecular flexibility index (Phi) is 3.13. The van der Waals surface area contributed by atoms with Crippen molar-refractivity contribution in [3.05, 3.63) is 42.2 Å². The van der Waals surface area contributed by atoms with Crippen LogP contribution >= 0.6 is 0 Å². The first-order chi connectivity index (χ1) is 8.50. The maximum absolute atomic E-state index is 10.9. The highest BCUT2D eigenvalue weighted by molar-refractivity contribution is 7.90. The zero-order valence-electron chi connectivity index (χ0n) is 9.66. The van der Waals surface area contributed by atoms with E-state index in [4.69, 9.17) is 6.42 Å². The SMILES string of the molecule is C#Cc1ccnc(S(C)(=O)=O)n1.c1cc2cc-2c1. The number of rotatable bonds is 1. The smallest absolute Gasteiger partial charge is 0.227 e. The van der Waals surface area contributed by atoms with Crippen LogP contribution in [0.15, 0.2) is 41.7 Å². The second-order valence-corrected chi connectivity index (χ2v) is 5.63. The Bertz CT molecular complexity index is 713. The summed E-state index contributed by atoms with van der Waals surface area (Å²) in [6, 6.07) is 9.95. The number of hydrogen-bond donors (Lipinski definition) is 0. The molecule has 0 unspecified atom stereocenters. The minimum absolute atomic E-state index is 0.238. The van der Waals surface area contributed by atoms with Crippen LogP contribution in [0.25, 0.3) is 11.1 Å². The molecular formula is C13H10N2O2S. The van der Waals surface area contributed by atoms with Crippen molar-refractivity contribution in [1.29, 1.82) is 0 Å². The van der Waals surface area contributed by atoms with E-state index in [9.17, 15) is 8.42 Å². The van der Waals surface area contributed by atoms with E-state index in [1.807, 2.05) is 0 Å². The predicted octanol–water partition coefficient (Wildman–Crippen LogP) is 1.53. The number of sulfone groups is 1. The zero-order chi connectivity index (χ0) is 13.2. The number of aromatic nitrogens is 2. The summed E-state index contributed by atoms with van der Waals surface area (Å²) in [5.74, 6) is 2.22. The Morgan fingerprint density at radius 3 is 2.28 bits per heavy atom. The van der Waals surface area contributed by atoms with Gasteiger partial charge in [0, 0.05) is 12.5 Å². The highest BCUT2D eigenvalue weighted by atomic mass is 32.2. The number of fused-ring (bicyclic) bond motifs is 1. The highest BCUT2D eigenvalue weighted by Crippen LogP contribution is 2.32. The van der Waals surface area contributed by atoms with Crippen LogP contribution in [0.1, 0.15) is 5.69 Å². The molecule has 0 spiro atoms. The molecular weight excluding hydrogens is 248 g/mol. The number of terminal acetylenes is 1. The molecule has 2 aliphatic carbocycles. The van der Waals surface area contributed by atoms with E-state index in [-0.39, 0.29) is 10.9 Å². The fraction of sp³-hybridized carbons (Fsp3) is 0.0769. The van der Waals surface area contributed by atoms with Crippen molar-refractivity contribution >= 4 is 9.84 Å². The van der Waals surface area contributed by atoms with Gasteiger partial charge in [-0.1, -0.05) is 24.1 Å². The first kappa shape index (κ1) is 12.3. The van der Waals surface area contributed by atoms with Crippen LogP contribution in [-0.4, -0.2) is 24.6 Å². The quantitative estimate of drug-likeness (QED) is 0.490. The summed E-state index contributed by atoms with van der Waals surface area (Å²) in [6.45, 7) is 0. The Morgan fingerprint density at radius 1 is 1.22 bits per heavy atom. The number of hydrogen-bond acceptors (Lipinski definition) is 4. The van der Waals surface area contributed by atoms with Crippen molar-refractivity contribution in [2.24, 2.45) is 0 Å². The van der Waals surface area contributed by atoms with Gasteiger partial charge in [0.15, 0.2) is 0 Å². The van der Waals surface area contributed by atoms with E-state index in [0.717, 1.165) is 6.26 Å². The second kappa shape index (κ2) is 4.59. The number of benzene rings is 1.